The van der Waals surface area contributed by atoms with Gasteiger partial charge in [-0.1, -0.05) is 13.8 Å². The van der Waals surface area contributed by atoms with Gasteiger partial charge in [0, 0.05) is 26.3 Å². The van der Waals surface area contributed by atoms with Gasteiger partial charge in [-0.3, -0.25) is 4.79 Å². The van der Waals surface area contributed by atoms with E-state index >= 15 is 0 Å². The maximum absolute atomic E-state index is 11.4. The number of aliphatic hydroxyl groups excluding tert-OH is 1. The third-order valence-corrected chi connectivity index (χ3v) is 2.40. The van der Waals surface area contributed by atoms with Crippen molar-refractivity contribution in [3.05, 3.63) is 0 Å². The molecule has 0 radical (unpaired) electrons. The van der Waals surface area contributed by atoms with Crippen LogP contribution in [0.2, 0.25) is 0 Å². The molecule has 96 valence electrons. The molecule has 0 rings (SSSR count). The number of hydrogen-bond acceptors (Lipinski definition) is 4. The van der Waals surface area contributed by atoms with Crippen molar-refractivity contribution in [2.75, 3.05) is 33.4 Å². The summed E-state index contributed by atoms with van der Waals surface area (Å²) in [7, 11) is 1.60. The van der Waals surface area contributed by atoms with Gasteiger partial charge in [0.25, 0.3) is 0 Å². The van der Waals surface area contributed by atoms with Crippen LogP contribution < -0.4 is 10.6 Å². The molecule has 16 heavy (non-hydrogen) atoms. The summed E-state index contributed by atoms with van der Waals surface area (Å²) >= 11 is 0. The third kappa shape index (κ3) is 7.62. The Balaban J connectivity index is 3.69. The average Bonchev–Trinajstić information content (AvgIpc) is 2.24. The first kappa shape index (κ1) is 15.3. The molecule has 1 unspecified atom stereocenters. The molecule has 0 spiro atoms. The molecule has 0 aliphatic carbocycles. The molecule has 1 amide bonds. The number of amides is 1. The summed E-state index contributed by atoms with van der Waals surface area (Å²) < 4.78 is 4.83. The fraction of sp³-hybridized carbons (Fsp3) is 0.909. The van der Waals surface area contributed by atoms with Crippen molar-refractivity contribution in [2.45, 2.75) is 26.3 Å². The SMILES string of the molecule is COCCNC(=O)CNC(CCO)C(C)C. The van der Waals surface area contributed by atoms with E-state index in [0.717, 1.165) is 0 Å². The third-order valence-electron chi connectivity index (χ3n) is 2.40. The molecule has 0 aromatic heterocycles. The maximum Gasteiger partial charge on any atom is 0.234 e. The number of carbonyl (C=O) groups is 1. The van der Waals surface area contributed by atoms with Gasteiger partial charge in [0.1, 0.15) is 0 Å². The Hall–Kier alpha value is -0.650. The van der Waals surface area contributed by atoms with Gasteiger partial charge in [-0.25, -0.2) is 0 Å². The molecular formula is C11H24N2O3. The minimum atomic E-state index is -0.0411. The number of methoxy groups -OCH3 is 1. The van der Waals surface area contributed by atoms with E-state index in [2.05, 4.69) is 24.5 Å². The molecule has 5 heteroatoms. The molecule has 5 nitrogen and oxygen atoms in total. The van der Waals surface area contributed by atoms with Gasteiger partial charge in [0.15, 0.2) is 0 Å². The zero-order valence-electron chi connectivity index (χ0n) is 10.5. The van der Waals surface area contributed by atoms with Crippen LogP contribution in [0, 0.1) is 5.92 Å². The van der Waals surface area contributed by atoms with E-state index in [1.54, 1.807) is 7.11 Å². The van der Waals surface area contributed by atoms with Crippen LogP contribution in [0.15, 0.2) is 0 Å². The monoisotopic (exact) mass is 232 g/mol. The number of hydrogen-bond donors (Lipinski definition) is 3. The quantitative estimate of drug-likeness (QED) is 0.479. The second-order valence-corrected chi connectivity index (χ2v) is 4.09. The Labute approximate surface area is 97.6 Å². The molecule has 0 aliphatic rings. The lowest BCUT2D eigenvalue weighted by Gasteiger charge is -2.21. The summed E-state index contributed by atoms with van der Waals surface area (Å²) in [5.74, 6) is 0.361. The highest BCUT2D eigenvalue weighted by Crippen LogP contribution is 2.04. The molecule has 1 atom stereocenters. The largest absolute Gasteiger partial charge is 0.396 e. The van der Waals surface area contributed by atoms with Crippen molar-refractivity contribution >= 4 is 5.91 Å². The Bertz CT molecular complexity index is 186. The normalized spacial score (nSPS) is 12.8. The number of carbonyl (C=O) groups excluding carboxylic acids is 1. The molecule has 3 N–H and O–H groups in total. The van der Waals surface area contributed by atoms with Crippen LogP contribution in [0.25, 0.3) is 0 Å². The van der Waals surface area contributed by atoms with E-state index in [9.17, 15) is 4.79 Å². The summed E-state index contributed by atoms with van der Waals surface area (Å²) in [6.07, 6.45) is 0.670. The van der Waals surface area contributed by atoms with E-state index < -0.39 is 0 Å². The van der Waals surface area contributed by atoms with E-state index in [1.165, 1.54) is 0 Å². The van der Waals surface area contributed by atoms with E-state index in [0.29, 0.717) is 25.5 Å². The highest BCUT2D eigenvalue weighted by atomic mass is 16.5. The van der Waals surface area contributed by atoms with Gasteiger partial charge < -0.3 is 20.5 Å². The van der Waals surface area contributed by atoms with Crippen molar-refractivity contribution in [1.82, 2.24) is 10.6 Å². The molecule has 0 aromatic carbocycles. The predicted octanol–water partition coefficient (Wildman–Crippen LogP) is -0.254. The molecule has 0 aliphatic heterocycles. The molecule has 0 saturated carbocycles. The van der Waals surface area contributed by atoms with Crippen LogP contribution in [-0.4, -0.2) is 50.5 Å². The zero-order chi connectivity index (χ0) is 12.4. The van der Waals surface area contributed by atoms with Crippen LogP contribution in [0.4, 0.5) is 0 Å². The van der Waals surface area contributed by atoms with Crippen LogP contribution in [0.3, 0.4) is 0 Å². The lowest BCUT2D eigenvalue weighted by molar-refractivity contribution is -0.120. The molecule has 0 saturated heterocycles. The van der Waals surface area contributed by atoms with Crippen molar-refractivity contribution in [1.29, 1.82) is 0 Å². The molecule has 0 heterocycles. The maximum atomic E-state index is 11.4. The van der Waals surface area contributed by atoms with Crippen LogP contribution >= 0.6 is 0 Å². The first-order valence-electron chi connectivity index (χ1n) is 5.71. The van der Waals surface area contributed by atoms with Gasteiger partial charge in [0.2, 0.25) is 5.91 Å². The summed E-state index contributed by atoms with van der Waals surface area (Å²) in [5.41, 5.74) is 0. The van der Waals surface area contributed by atoms with Crippen LogP contribution in [0.1, 0.15) is 20.3 Å². The second kappa shape index (κ2) is 9.57. The summed E-state index contributed by atoms with van der Waals surface area (Å²) in [6, 6.07) is 0.179. The van der Waals surface area contributed by atoms with Crippen LogP contribution in [-0.2, 0) is 9.53 Å². The number of ether oxygens (including phenoxy) is 1. The Kier molecular flexibility index (Phi) is 9.18. The number of rotatable bonds is 9. The zero-order valence-corrected chi connectivity index (χ0v) is 10.5. The van der Waals surface area contributed by atoms with E-state index in [4.69, 9.17) is 9.84 Å². The van der Waals surface area contributed by atoms with E-state index in [1.807, 2.05) is 0 Å². The number of aliphatic hydroxyl groups is 1. The molecular weight excluding hydrogens is 208 g/mol. The van der Waals surface area contributed by atoms with Gasteiger partial charge in [-0.2, -0.15) is 0 Å². The van der Waals surface area contributed by atoms with Gasteiger partial charge in [-0.15, -0.1) is 0 Å². The van der Waals surface area contributed by atoms with Gasteiger partial charge in [0.05, 0.1) is 13.2 Å². The van der Waals surface area contributed by atoms with Crippen LogP contribution in [0.5, 0.6) is 0 Å². The van der Waals surface area contributed by atoms with Gasteiger partial charge in [-0.05, 0) is 12.3 Å². The first-order valence-corrected chi connectivity index (χ1v) is 5.71. The van der Waals surface area contributed by atoms with Crippen molar-refractivity contribution < 1.29 is 14.6 Å². The fourth-order valence-electron chi connectivity index (χ4n) is 1.39. The minimum absolute atomic E-state index is 0.0411. The highest BCUT2D eigenvalue weighted by Gasteiger charge is 2.13. The number of nitrogens with one attached hydrogen (secondary N) is 2. The minimum Gasteiger partial charge on any atom is -0.396 e. The Morgan fingerprint density at radius 1 is 1.44 bits per heavy atom. The van der Waals surface area contributed by atoms with Crippen molar-refractivity contribution in [2.24, 2.45) is 5.92 Å². The summed E-state index contributed by atoms with van der Waals surface area (Å²) in [6.45, 7) is 5.61. The van der Waals surface area contributed by atoms with Gasteiger partial charge >= 0.3 is 0 Å². The second-order valence-electron chi connectivity index (χ2n) is 4.09. The summed E-state index contributed by atoms with van der Waals surface area (Å²) in [5, 5.41) is 14.7. The summed E-state index contributed by atoms with van der Waals surface area (Å²) in [4.78, 5) is 11.4. The van der Waals surface area contributed by atoms with E-state index in [-0.39, 0.29) is 25.1 Å². The average molecular weight is 232 g/mol. The predicted molar refractivity (Wildman–Crippen MR) is 63.2 cm³/mol. The highest BCUT2D eigenvalue weighted by molar-refractivity contribution is 5.77. The lowest BCUT2D eigenvalue weighted by Crippen LogP contribution is -2.42. The molecule has 0 aromatic rings. The molecule has 0 bridgehead atoms. The smallest absolute Gasteiger partial charge is 0.234 e. The molecule has 0 fully saturated rings. The Morgan fingerprint density at radius 2 is 2.12 bits per heavy atom. The van der Waals surface area contributed by atoms with Crippen molar-refractivity contribution in [3.8, 4) is 0 Å². The first-order chi connectivity index (χ1) is 7.61. The topological polar surface area (TPSA) is 70.6 Å². The fourth-order valence-corrected chi connectivity index (χ4v) is 1.39. The Morgan fingerprint density at radius 3 is 2.62 bits per heavy atom. The lowest BCUT2D eigenvalue weighted by atomic mass is 10.0. The van der Waals surface area contributed by atoms with Crippen molar-refractivity contribution in [3.63, 3.8) is 0 Å². The standard InChI is InChI=1S/C11H24N2O3/c1-9(2)10(4-6-14)13-8-11(15)12-5-7-16-3/h9-10,13-14H,4-8H2,1-3H3,(H,12,15).